The van der Waals surface area contributed by atoms with Gasteiger partial charge < -0.3 is 18.6 Å². The molecule has 1 aliphatic carbocycles. The van der Waals surface area contributed by atoms with E-state index in [4.69, 9.17) is 18.6 Å². The highest BCUT2D eigenvalue weighted by atomic mass is 16.7. The average Bonchev–Trinajstić information content (AvgIpc) is 3.25. The molecule has 0 spiro atoms. The van der Waals surface area contributed by atoms with Gasteiger partial charge in [0.25, 0.3) is 0 Å². The molecule has 3 aliphatic rings. The molecule has 2 aromatic carbocycles. The Labute approximate surface area is 178 Å². The van der Waals surface area contributed by atoms with Gasteiger partial charge in [0, 0.05) is 11.1 Å². The number of fused-ring (bicyclic) bond motifs is 3. The number of carbonyl (C=O) groups excluding carboxylic acids is 1. The Morgan fingerprint density at radius 2 is 1.20 bits per heavy atom. The van der Waals surface area contributed by atoms with Gasteiger partial charge in [0.1, 0.15) is 0 Å². The number of benzene rings is 2. The Balaban J connectivity index is 1.46. The highest BCUT2D eigenvalue weighted by Gasteiger charge is 2.52. The van der Waals surface area contributed by atoms with E-state index in [0.29, 0.717) is 17.7 Å². The summed E-state index contributed by atoms with van der Waals surface area (Å²) in [5, 5.41) is 0. The second kappa shape index (κ2) is 6.30. The van der Waals surface area contributed by atoms with Crippen LogP contribution < -0.4 is 10.9 Å². The van der Waals surface area contributed by atoms with E-state index in [9.17, 15) is 4.79 Å². The Bertz CT molecular complexity index is 1040. The third-order valence-corrected chi connectivity index (χ3v) is 6.67. The van der Waals surface area contributed by atoms with E-state index in [1.165, 1.54) is 0 Å². The maximum absolute atomic E-state index is 13.2. The van der Waals surface area contributed by atoms with Crippen molar-refractivity contribution in [2.75, 3.05) is 6.61 Å². The van der Waals surface area contributed by atoms with Crippen molar-refractivity contribution >= 4 is 30.9 Å². The second-order valence-corrected chi connectivity index (χ2v) is 10.0. The van der Waals surface area contributed by atoms with Gasteiger partial charge in [0.05, 0.1) is 23.4 Å². The van der Waals surface area contributed by atoms with Gasteiger partial charge in [0.2, 0.25) is 0 Å². The van der Waals surface area contributed by atoms with Crippen molar-refractivity contribution in [3.63, 3.8) is 0 Å². The molecular formula is C23H26B2O5. The van der Waals surface area contributed by atoms with E-state index in [1.54, 1.807) is 0 Å². The molecule has 30 heavy (non-hydrogen) atoms. The van der Waals surface area contributed by atoms with Crippen molar-refractivity contribution in [1.29, 1.82) is 0 Å². The minimum Gasteiger partial charge on any atom is -0.404 e. The van der Waals surface area contributed by atoms with E-state index >= 15 is 0 Å². The molecule has 2 aromatic rings. The Morgan fingerprint density at radius 1 is 0.700 bits per heavy atom. The maximum atomic E-state index is 13.2. The molecule has 2 saturated heterocycles. The van der Waals surface area contributed by atoms with Crippen LogP contribution in [0.3, 0.4) is 0 Å². The summed E-state index contributed by atoms with van der Waals surface area (Å²) in [5.74, 6) is 0.0116. The van der Waals surface area contributed by atoms with E-state index in [0.717, 1.165) is 22.1 Å². The summed E-state index contributed by atoms with van der Waals surface area (Å²) >= 11 is 0. The first-order chi connectivity index (χ1) is 14.0. The number of ketones is 1. The van der Waals surface area contributed by atoms with Crippen LogP contribution in [-0.4, -0.2) is 43.4 Å². The summed E-state index contributed by atoms with van der Waals surface area (Å²) in [6, 6.07) is 11.8. The molecule has 0 radical (unpaired) electrons. The van der Waals surface area contributed by atoms with Crippen molar-refractivity contribution in [2.24, 2.45) is 0 Å². The lowest BCUT2D eigenvalue weighted by molar-refractivity contribution is 0.00578. The Kier molecular flexibility index (Phi) is 4.20. The van der Waals surface area contributed by atoms with Gasteiger partial charge in [-0.1, -0.05) is 36.4 Å². The van der Waals surface area contributed by atoms with Crippen LogP contribution in [-0.2, 0) is 18.6 Å². The Morgan fingerprint density at radius 3 is 1.67 bits per heavy atom. The maximum Gasteiger partial charge on any atom is 0.494 e. The molecule has 0 atom stereocenters. The summed E-state index contributed by atoms with van der Waals surface area (Å²) in [7, 11) is -0.933. The quantitative estimate of drug-likeness (QED) is 0.615. The summed E-state index contributed by atoms with van der Waals surface area (Å²) in [6.45, 7) is 12.6. The first kappa shape index (κ1) is 20.0. The largest absolute Gasteiger partial charge is 0.494 e. The van der Waals surface area contributed by atoms with Crippen LogP contribution in [0.4, 0.5) is 0 Å². The molecule has 5 nitrogen and oxygen atoms in total. The number of hydrogen-bond acceptors (Lipinski definition) is 5. The molecule has 2 aliphatic heterocycles. The van der Waals surface area contributed by atoms with Crippen LogP contribution in [0.1, 0.15) is 57.5 Å². The predicted octanol–water partition coefficient (Wildman–Crippen LogP) is 2.72. The normalized spacial score (nSPS) is 23.1. The highest BCUT2D eigenvalue weighted by molar-refractivity contribution is 6.63. The molecule has 0 saturated carbocycles. The highest BCUT2D eigenvalue weighted by Crippen LogP contribution is 2.39. The molecule has 2 heterocycles. The molecule has 0 N–H and O–H groups in total. The fourth-order valence-corrected chi connectivity index (χ4v) is 4.19. The van der Waals surface area contributed by atoms with Crippen LogP contribution in [0.2, 0.25) is 0 Å². The number of hydrogen-bond donors (Lipinski definition) is 0. The SMILES string of the molecule is CC1(C)COB(c2ccc3c(c2)C(=O)c2cc(B4OC(C)(C)C(C)(C)O4)ccc2-3)O1. The van der Waals surface area contributed by atoms with Gasteiger partial charge in [-0.15, -0.1) is 0 Å². The van der Waals surface area contributed by atoms with Crippen LogP contribution in [0.25, 0.3) is 11.1 Å². The molecule has 2 fully saturated rings. The fraction of sp³-hybridized carbons (Fsp3) is 0.435. The lowest BCUT2D eigenvalue weighted by atomic mass is 9.77. The monoisotopic (exact) mass is 404 g/mol. The molecule has 0 unspecified atom stereocenters. The lowest BCUT2D eigenvalue weighted by Crippen LogP contribution is -2.41. The summed E-state index contributed by atoms with van der Waals surface area (Å²) in [6.07, 6.45) is 0. The van der Waals surface area contributed by atoms with Gasteiger partial charge in [-0.2, -0.15) is 0 Å². The number of carbonyl (C=O) groups is 1. The number of rotatable bonds is 2. The van der Waals surface area contributed by atoms with Crippen LogP contribution in [0.5, 0.6) is 0 Å². The zero-order valence-corrected chi connectivity index (χ0v) is 18.4. The molecule has 5 rings (SSSR count). The van der Waals surface area contributed by atoms with Gasteiger partial charge in [-0.25, -0.2) is 0 Å². The third-order valence-electron chi connectivity index (χ3n) is 6.67. The van der Waals surface area contributed by atoms with Gasteiger partial charge in [-0.3, -0.25) is 4.79 Å². The second-order valence-electron chi connectivity index (χ2n) is 10.0. The van der Waals surface area contributed by atoms with Crippen LogP contribution in [0.15, 0.2) is 36.4 Å². The van der Waals surface area contributed by atoms with Crippen LogP contribution >= 0.6 is 0 Å². The molecule has 0 bridgehead atoms. The van der Waals surface area contributed by atoms with E-state index < -0.39 is 25.4 Å². The molecular weight excluding hydrogens is 378 g/mol. The van der Waals surface area contributed by atoms with Crippen molar-refractivity contribution in [3.05, 3.63) is 47.5 Å². The zero-order chi connectivity index (χ0) is 21.5. The summed E-state index contributed by atoms with van der Waals surface area (Å²) in [4.78, 5) is 13.2. The van der Waals surface area contributed by atoms with E-state index in [1.807, 2.05) is 77.9 Å². The summed E-state index contributed by atoms with van der Waals surface area (Å²) in [5.41, 5.74) is 3.81. The molecule has 7 heteroatoms. The standard InChI is InChI=1S/C23H26B2O5/c1-21(2)13-27-24(28-21)14-7-9-16-17-10-8-15(12-19(17)20(26)18(16)11-14)25-29-22(3,4)23(5,6)30-25/h7-12H,13H2,1-6H3. The first-order valence-electron chi connectivity index (χ1n) is 10.5. The summed E-state index contributed by atoms with van der Waals surface area (Å²) < 4.78 is 24.1. The van der Waals surface area contributed by atoms with Crippen LogP contribution in [0, 0.1) is 0 Å². The van der Waals surface area contributed by atoms with E-state index in [-0.39, 0.29) is 11.4 Å². The van der Waals surface area contributed by atoms with Crippen molar-refractivity contribution < 1.29 is 23.4 Å². The van der Waals surface area contributed by atoms with Crippen molar-refractivity contribution in [1.82, 2.24) is 0 Å². The molecule has 154 valence electrons. The van der Waals surface area contributed by atoms with Gasteiger partial charge >= 0.3 is 14.2 Å². The van der Waals surface area contributed by atoms with Crippen molar-refractivity contribution in [2.45, 2.75) is 58.3 Å². The first-order valence-corrected chi connectivity index (χ1v) is 10.5. The Hall–Kier alpha value is -1.92. The molecule has 0 aromatic heterocycles. The minimum absolute atomic E-state index is 0.0116. The van der Waals surface area contributed by atoms with Gasteiger partial charge in [0.15, 0.2) is 5.78 Å². The van der Waals surface area contributed by atoms with Crippen molar-refractivity contribution in [3.8, 4) is 11.1 Å². The fourth-order valence-electron chi connectivity index (χ4n) is 4.19. The average molecular weight is 404 g/mol. The minimum atomic E-state index is -0.491. The zero-order valence-electron chi connectivity index (χ0n) is 18.4. The molecule has 0 amide bonds. The van der Waals surface area contributed by atoms with Gasteiger partial charge in [-0.05, 0) is 63.6 Å². The van der Waals surface area contributed by atoms with E-state index in [2.05, 4.69) is 0 Å². The third kappa shape index (κ3) is 2.99. The predicted molar refractivity (Wildman–Crippen MR) is 118 cm³/mol. The smallest absolute Gasteiger partial charge is 0.404 e. The topological polar surface area (TPSA) is 54.0 Å². The lowest BCUT2D eigenvalue weighted by Gasteiger charge is -2.32.